The molecule has 4 nitrogen and oxygen atoms in total. The molecule has 1 amide bonds. The third kappa shape index (κ3) is 2.48. The van der Waals surface area contributed by atoms with Gasteiger partial charge in [0.25, 0.3) is 5.91 Å². The van der Waals surface area contributed by atoms with E-state index < -0.39 is 17.7 Å². The third-order valence-corrected chi connectivity index (χ3v) is 4.64. The minimum atomic E-state index is -0.675. The highest BCUT2D eigenvalue weighted by molar-refractivity contribution is 7.19. The van der Waals surface area contributed by atoms with E-state index in [9.17, 15) is 13.6 Å². The number of aromatic nitrogens is 2. The van der Waals surface area contributed by atoms with Gasteiger partial charge in [0.15, 0.2) is 4.96 Å². The van der Waals surface area contributed by atoms with E-state index in [4.69, 9.17) is 0 Å². The van der Waals surface area contributed by atoms with Crippen LogP contribution in [0.4, 0.5) is 8.78 Å². The SMILES string of the molecule is Cc1c(C(=O)NC(C)c2ccc(F)cc2F)sc2nccn12. The van der Waals surface area contributed by atoms with E-state index in [1.807, 2.05) is 11.3 Å². The van der Waals surface area contributed by atoms with E-state index in [1.54, 1.807) is 19.3 Å². The fourth-order valence-electron chi connectivity index (χ4n) is 2.30. The number of nitrogens with one attached hydrogen (secondary N) is 1. The Kier molecular flexibility index (Phi) is 3.66. The maximum absolute atomic E-state index is 13.7. The molecule has 1 N–H and O–H groups in total. The number of halogens is 2. The summed E-state index contributed by atoms with van der Waals surface area (Å²) in [5, 5.41) is 2.73. The van der Waals surface area contributed by atoms with Crippen molar-refractivity contribution in [2.45, 2.75) is 19.9 Å². The number of carbonyl (C=O) groups is 1. The van der Waals surface area contributed by atoms with Gasteiger partial charge in [0.05, 0.1) is 6.04 Å². The van der Waals surface area contributed by atoms with Crippen LogP contribution in [0.25, 0.3) is 4.96 Å². The number of benzene rings is 1. The number of imidazole rings is 1. The molecule has 3 rings (SSSR count). The lowest BCUT2D eigenvalue weighted by molar-refractivity contribution is 0.0942. The van der Waals surface area contributed by atoms with Crippen LogP contribution < -0.4 is 5.32 Å². The number of aryl methyl sites for hydroxylation is 1. The Morgan fingerprint density at radius 1 is 1.41 bits per heavy atom. The normalized spacial score (nSPS) is 12.5. The number of rotatable bonds is 3. The van der Waals surface area contributed by atoms with Crippen LogP contribution in [0.5, 0.6) is 0 Å². The summed E-state index contributed by atoms with van der Waals surface area (Å²) in [5.74, 6) is -1.62. The molecule has 2 heterocycles. The Balaban J connectivity index is 1.84. The maximum Gasteiger partial charge on any atom is 0.263 e. The molecule has 1 atom stereocenters. The van der Waals surface area contributed by atoms with Gasteiger partial charge in [-0.2, -0.15) is 0 Å². The summed E-state index contributed by atoms with van der Waals surface area (Å²) in [6, 6.07) is 2.75. The molecule has 0 aliphatic heterocycles. The van der Waals surface area contributed by atoms with Crippen LogP contribution >= 0.6 is 11.3 Å². The number of amides is 1. The third-order valence-electron chi connectivity index (χ3n) is 3.47. The van der Waals surface area contributed by atoms with Crippen molar-refractivity contribution in [1.82, 2.24) is 14.7 Å². The van der Waals surface area contributed by atoms with Crippen molar-refractivity contribution in [1.29, 1.82) is 0 Å². The first-order valence-corrected chi connectivity index (χ1v) is 7.47. The number of carbonyl (C=O) groups excluding carboxylic acids is 1. The van der Waals surface area contributed by atoms with Crippen LogP contribution in [0.2, 0.25) is 0 Å². The quantitative estimate of drug-likeness (QED) is 0.803. The van der Waals surface area contributed by atoms with E-state index in [2.05, 4.69) is 10.3 Å². The van der Waals surface area contributed by atoms with Crippen LogP contribution in [0.15, 0.2) is 30.6 Å². The lowest BCUT2D eigenvalue weighted by atomic mass is 10.1. The topological polar surface area (TPSA) is 46.4 Å². The molecule has 2 aromatic heterocycles. The Labute approximate surface area is 129 Å². The van der Waals surface area contributed by atoms with Crippen molar-refractivity contribution in [3.05, 3.63) is 58.4 Å². The van der Waals surface area contributed by atoms with E-state index >= 15 is 0 Å². The van der Waals surface area contributed by atoms with Crippen LogP contribution in [-0.4, -0.2) is 15.3 Å². The molecule has 0 fully saturated rings. The second-order valence-corrected chi connectivity index (χ2v) is 5.93. The Morgan fingerprint density at radius 2 is 2.18 bits per heavy atom. The molecular weight excluding hydrogens is 308 g/mol. The molecule has 22 heavy (non-hydrogen) atoms. The van der Waals surface area contributed by atoms with Gasteiger partial charge >= 0.3 is 0 Å². The first-order chi connectivity index (χ1) is 10.5. The van der Waals surface area contributed by atoms with Crippen molar-refractivity contribution in [2.24, 2.45) is 0 Å². The molecule has 1 aromatic carbocycles. The maximum atomic E-state index is 13.7. The number of fused-ring (bicyclic) bond motifs is 1. The number of hydrogen-bond donors (Lipinski definition) is 1. The largest absolute Gasteiger partial charge is 0.345 e. The molecule has 3 aromatic rings. The highest BCUT2D eigenvalue weighted by atomic mass is 32.1. The van der Waals surface area contributed by atoms with Crippen LogP contribution in [0.1, 0.15) is 33.9 Å². The molecule has 0 aliphatic rings. The number of nitrogens with zero attached hydrogens (tertiary/aromatic N) is 2. The zero-order chi connectivity index (χ0) is 15.9. The molecule has 0 saturated heterocycles. The summed E-state index contributed by atoms with van der Waals surface area (Å²) in [7, 11) is 0. The molecule has 0 aliphatic carbocycles. The van der Waals surface area contributed by atoms with Crippen LogP contribution in [0.3, 0.4) is 0 Å². The van der Waals surface area contributed by atoms with Gasteiger partial charge < -0.3 is 5.32 Å². The molecule has 114 valence electrons. The minimum absolute atomic E-state index is 0.244. The first-order valence-electron chi connectivity index (χ1n) is 6.65. The highest BCUT2D eigenvalue weighted by Crippen LogP contribution is 2.23. The summed E-state index contributed by atoms with van der Waals surface area (Å²) in [6.07, 6.45) is 3.44. The fraction of sp³-hybridized carbons (Fsp3) is 0.200. The van der Waals surface area contributed by atoms with Crippen LogP contribution in [0, 0.1) is 18.6 Å². The monoisotopic (exact) mass is 321 g/mol. The van der Waals surface area contributed by atoms with Gasteiger partial charge in [-0.15, -0.1) is 0 Å². The van der Waals surface area contributed by atoms with Gasteiger partial charge in [0, 0.05) is 29.7 Å². The van der Waals surface area contributed by atoms with Crippen molar-refractivity contribution in [3.63, 3.8) is 0 Å². The number of hydrogen-bond acceptors (Lipinski definition) is 3. The van der Waals surface area contributed by atoms with Gasteiger partial charge in [0.1, 0.15) is 16.5 Å². The second kappa shape index (κ2) is 5.49. The van der Waals surface area contributed by atoms with E-state index in [1.165, 1.54) is 23.5 Å². The molecule has 0 spiro atoms. The van der Waals surface area contributed by atoms with Gasteiger partial charge in [-0.1, -0.05) is 17.4 Å². The van der Waals surface area contributed by atoms with Crippen molar-refractivity contribution in [2.75, 3.05) is 0 Å². The summed E-state index contributed by atoms with van der Waals surface area (Å²) in [6.45, 7) is 3.48. The van der Waals surface area contributed by atoms with Gasteiger partial charge in [0.2, 0.25) is 0 Å². The van der Waals surface area contributed by atoms with Crippen molar-refractivity contribution >= 4 is 22.2 Å². The zero-order valence-corrected chi connectivity index (χ0v) is 12.7. The van der Waals surface area contributed by atoms with Crippen molar-refractivity contribution < 1.29 is 13.6 Å². The Bertz CT molecular complexity index is 856. The second-order valence-electron chi connectivity index (χ2n) is 4.96. The Morgan fingerprint density at radius 3 is 2.86 bits per heavy atom. The summed E-state index contributed by atoms with van der Waals surface area (Å²) in [5.41, 5.74) is 1.02. The Hall–Kier alpha value is -2.28. The molecule has 0 bridgehead atoms. The lowest BCUT2D eigenvalue weighted by Crippen LogP contribution is -2.27. The van der Waals surface area contributed by atoms with Gasteiger partial charge in [-0.25, -0.2) is 13.8 Å². The van der Waals surface area contributed by atoms with E-state index in [-0.39, 0.29) is 11.5 Å². The zero-order valence-electron chi connectivity index (χ0n) is 11.9. The van der Waals surface area contributed by atoms with Gasteiger partial charge in [-0.05, 0) is 19.9 Å². The molecule has 1 unspecified atom stereocenters. The van der Waals surface area contributed by atoms with Crippen LogP contribution in [-0.2, 0) is 0 Å². The summed E-state index contributed by atoms with van der Waals surface area (Å²) < 4.78 is 28.5. The minimum Gasteiger partial charge on any atom is -0.345 e. The smallest absolute Gasteiger partial charge is 0.263 e. The summed E-state index contributed by atoms with van der Waals surface area (Å²) >= 11 is 1.27. The molecule has 0 radical (unpaired) electrons. The highest BCUT2D eigenvalue weighted by Gasteiger charge is 2.20. The molecule has 0 saturated carbocycles. The van der Waals surface area contributed by atoms with E-state index in [0.29, 0.717) is 4.88 Å². The predicted octanol–water partition coefficient (Wildman–Crippen LogP) is 3.47. The molecular formula is C15H13F2N3OS. The van der Waals surface area contributed by atoms with E-state index in [0.717, 1.165) is 16.7 Å². The van der Waals surface area contributed by atoms with Crippen molar-refractivity contribution in [3.8, 4) is 0 Å². The van der Waals surface area contributed by atoms with Gasteiger partial charge in [-0.3, -0.25) is 9.20 Å². The standard InChI is InChI=1S/C15H13F2N3OS/c1-8(11-4-3-10(16)7-12(11)17)19-14(21)13-9(2)20-6-5-18-15(20)22-13/h3-8H,1-2H3,(H,19,21). The average molecular weight is 321 g/mol. The lowest BCUT2D eigenvalue weighted by Gasteiger charge is -2.14. The first kappa shape index (κ1) is 14.6. The predicted molar refractivity (Wildman–Crippen MR) is 80.0 cm³/mol. The number of thiazole rings is 1. The average Bonchev–Trinajstić information content (AvgIpc) is 3.02. The summed E-state index contributed by atoms with van der Waals surface area (Å²) in [4.78, 5) is 17.8. The fourth-order valence-corrected chi connectivity index (χ4v) is 3.29. The molecule has 7 heteroatoms.